The first kappa shape index (κ1) is 19.0. The van der Waals surface area contributed by atoms with Crippen molar-refractivity contribution >= 4 is 23.6 Å². The fourth-order valence-electron chi connectivity index (χ4n) is 2.35. The van der Waals surface area contributed by atoms with Gasteiger partial charge in [-0.3, -0.25) is 4.79 Å². The Kier molecular flexibility index (Phi) is 6.32. The van der Waals surface area contributed by atoms with Crippen molar-refractivity contribution in [2.24, 2.45) is 5.73 Å². The standard InChI is InChI=1S/C19H21N3O4/c1-13(14-7-4-3-5-8-14)22(2)17(23)12-26-18(24)15-9-6-10-16(11-15)21-19(20)25/h3-11,13H,12H2,1-2H3,(H3,20,21,25)/t13-/m1/s1. The zero-order chi connectivity index (χ0) is 19.1. The van der Waals surface area contributed by atoms with Gasteiger partial charge in [0.05, 0.1) is 11.6 Å². The van der Waals surface area contributed by atoms with Gasteiger partial charge in [0.15, 0.2) is 6.61 Å². The fraction of sp³-hybridized carbons (Fsp3) is 0.211. The lowest BCUT2D eigenvalue weighted by Gasteiger charge is -2.25. The molecule has 0 unspecified atom stereocenters. The minimum Gasteiger partial charge on any atom is -0.452 e. The number of nitrogens with one attached hydrogen (secondary N) is 1. The van der Waals surface area contributed by atoms with Crippen molar-refractivity contribution in [3.8, 4) is 0 Å². The highest BCUT2D eigenvalue weighted by Crippen LogP contribution is 2.18. The second-order valence-corrected chi connectivity index (χ2v) is 5.74. The lowest BCUT2D eigenvalue weighted by molar-refractivity contribution is -0.135. The third kappa shape index (κ3) is 5.07. The summed E-state index contributed by atoms with van der Waals surface area (Å²) in [4.78, 5) is 36.8. The molecule has 0 aliphatic rings. The topological polar surface area (TPSA) is 102 Å². The van der Waals surface area contributed by atoms with Crippen LogP contribution in [0.4, 0.5) is 10.5 Å². The molecule has 2 aromatic carbocycles. The average molecular weight is 355 g/mol. The minimum absolute atomic E-state index is 0.148. The van der Waals surface area contributed by atoms with Crippen molar-refractivity contribution in [1.82, 2.24) is 4.90 Å². The van der Waals surface area contributed by atoms with Crippen molar-refractivity contribution in [1.29, 1.82) is 0 Å². The maximum atomic E-state index is 12.3. The van der Waals surface area contributed by atoms with E-state index in [1.165, 1.54) is 17.0 Å². The number of nitrogens with two attached hydrogens (primary N) is 1. The normalized spacial score (nSPS) is 11.3. The molecule has 0 heterocycles. The predicted molar refractivity (Wildman–Crippen MR) is 97.6 cm³/mol. The molecule has 0 aliphatic heterocycles. The smallest absolute Gasteiger partial charge is 0.338 e. The Morgan fingerprint density at radius 1 is 1.12 bits per heavy atom. The maximum absolute atomic E-state index is 12.3. The van der Waals surface area contributed by atoms with Crippen LogP contribution in [0.15, 0.2) is 54.6 Å². The van der Waals surface area contributed by atoms with Crippen molar-refractivity contribution in [3.05, 3.63) is 65.7 Å². The molecule has 3 N–H and O–H groups in total. The van der Waals surface area contributed by atoms with E-state index in [2.05, 4.69) is 5.32 Å². The summed E-state index contributed by atoms with van der Waals surface area (Å²) in [5, 5.41) is 2.37. The second-order valence-electron chi connectivity index (χ2n) is 5.74. The quantitative estimate of drug-likeness (QED) is 0.777. The van der Waals surface area contributed by atoms with Gasteiger partial charge in [-0.15, -0.1) is 0 Å². The molecule has 2 rings (SSSR count). The molecule has 0 saturated carbocycles. The van der Waals surface area contributed by atoms with E-state index < -0.39 is 12.0 Å². The molecule has 0 aliphatic carbocycles. The molecule has 0 aromatic heterocycles. The average Bonchev–Trinajstić information content (AvgIpc) is 2.65. The number of carbonyl (C=O) groups excluding carboxylic acids is 3. The highest BCUT2D eigenvalue weighted by atomic mass is 16.5. The van der Waals surface area contributed by atoms with Crippen LogP contribution in [0.2, 0.25) is 0 Å². The number of benzene rings is 2. The van der Waals surface area contributed by atoms with Gasteiger partial charge in [0.2, 0.25) is 0 Å². The first-order valence-corrected chi connectivity index (χ1v) is 8.02. The van der Waals surface area contributed by atoms with Crippen LogP contribution in [-0.2, 0) is 9.53 Å². The van der Waals surface area contributed by atoms with Crippen LogP contribution in [0.5, 0.6) is 0 Å². The SMILES string of the molecule is C[C@H](c1ccccc1)N(C)C(=O)COC(=O)c1cccc(NC(N)=O)c1. The number of urea groups is 1. The lowest BCUT2D eigenvalue weighted by atomic mass is 10.1. The van der Waals surface area contributed by atoms with Crippen LogP contribution < -0.4 is 11.1 Å². The van der Waals surface area contributed by atoms with E-state index in [1.54, 1.807) is 19.2 Å². The van der Waals surface area contributed by atoms with E-state index in [4.69, 9.17) is 10.5 Å². The lowest BCUT2D eigenvalue weighted by Crippen LogP contribution is -2.33. The van der Waals surface area contributed by atoms with E-state index >= 15 is 0 Å². The number of esters is 1. The molecule has 7 nitrogen and oxygen atoms in total. The number of amides is 3. The molecule has 3 amide bonds. The molecule has 7 heteroatoms. The number of hydrogen-bond donors (Lipinski definition) is 2. The Balaban J connectivity index is 1.94. The molecule has 0 spiro atoms. The second kappa shape index (κ2) is 8.66. The third-order valence-electron chi connectivity index (χ3n) is 3.95. The van der Waals surface area contributed by atoms with Gasteiger partial charge < -0.3 is 20.7 Å². The van der Waals surface area contributed by atoms with E-state index in [-0.39, 0.29) is 24.1 Å². The molecule has 0 saturated heterocycles. The summed E-state index contributed by atoms with van der Waals surface area (Å²) in [7, 11) is 1.66. The molecular formula is C19H21N3O4. The van der Waals surface area contributed by atoms with Gasteiger partial charge in [-0.1, -0.05) is 36.4 Å². The van der Waals surface area contributed by atoms with Crippen LogP contribution in [0, 0.1) is 0 Å². The van der Waals surface area contributed by atoms with E-state index in [9.17, 15) is 14.4 Å². The third-order valence-corrected chi connectivity index (χ3v) is 3.95. The van der Waals surface area contributed by atoms with Gasteiger partial charge in [0.25, 0.3) is 5.91 Å². The van der Waals surface area contributed by atoms with Crippen molar-refractivity contribution in [3.63, 3.8) is 0 Å². The number of nitrogens with zero attached hydrogens (tertiary/aromatic N) is 1. The van der Waals surface area contributed by atoms with Gasteiger partial charge in [-0.05, 0) is 30.7 Å². The first-order valence-electron chi connectivity index (χ1n) is 8.02. The molecule has 136 valence electrons. The summed E-state index contributed by atoms with van der Waals surface area (Å²) >= 11 is 0. The summed E-state index contributed by atoms with van der Waals surface area (Å²) in [5.74, 6) is -0.978. The number of ether oxygens (including phenoxy) is 1. The van der Waals surface area contributed by atoms with E-state index in [0.717, 1.165) is 5.56 Å². The van der Waals surface area contributed by atoms with E-state index in [1.807, 2.05) is 37.3 Å². The number of likely N-dealkylation sites (N-methyl/N-ethyl adjacent to an activating group) is 1. The van der Waals surface area contributed by atoms with Gasteiger partial charge in [0, 0.05) is 12.7 Å². The van der Waals surface area contributed by atoms with Gasteiger partial charge in [-0.25, -0.2) is 9.59 Å². The molecule has 0 fully saturated rings. The molecular weight excluding hydrogens is 334 g/mol. The van der Waals surface area contributed by atoms with Crippen molar-refractivity contribution in [2.75, 3.05) is 19.0 Å². The summed E-state index contributed by atoms with van der Waals surface area (Å²) in [6, 6.07) is 14.8. The Labute approximate surface area is 151 Å². The fourth-order valence-corrected chi connectivity index (χ4v) is 2.35. The van der Waals surface area contributed by atoms with Crippen LogP contribution in [-0.4, -0.2) is 36.5 Å². The van der Waals surface area contributed by atoms with Crippen LogP contribution in [0.25, 0.3) is 0 Å². The predicted octanol–water partition coefficient (Wildman–Crippen LogP) is 2.55. The summed E-state index contributed by atoms with van der Waals surface area (Å²) < 4.78 is 5.08. The molecule has 1 atom stereocenters. The number of hydrogen-bond acceptors (Lipinski definition) is 4. The maximum Gasteiger partial charge on any atom is 0.338 e. The molecule has 2 aromatic rings. The van der Waals surface area contributed by atoms with Crippen LogP contribution in [0.1, 0.15) is 28.9 Å². The van der Waals surface area contributed by atoms with Crippen LogP contribution >= 0.6 is 0 Å². The highest BCUT2D eigenvalue weighted by Gasteiger charge is 2.19. The van der Waals surface area contributed by atoms with Crippen molar-refractivity contribution < 1.29 is 19.1 Å². The number of carbonyl (C=O) groups is 3. The Bertz CT molecular complexity index is 792. The van der Waals surface area contributed by atoms with Gasteiger partial charge >= 0.3 is 12.0 Å². The van der Waals surface area contributed by atoms with Crippen LogP contribution in [0.3, 0.4) is 0 Å². The monoisotopic (exact) mass is 355 g/mol. The summed E-state index contributed by atoms with van der Waals surface area (Å²) in [6.07, 6.45) is 0. The summed E-state index contributed by atoms with van der Waals surface area (Å²) in [5.41, 5.74) is 6.61. The zero-order valence-corrected chi connectivity index (χ0v) is 14.6. The summed E-state index contributed by atoms with van der Waals surface area (Å²) in [6.45, 7) is 1.52. The number of primary amides is 1. The molecule has 0 bridgehead atoms. The van der Waals surface area contributed by atoms with Gasteiger partial charge in [0.1, 0.15) is 0 Å². The largest absolute Gasteiger partial charge is 0.452 e. The van der Waals surface area contributed by atoms with Gasteiger partial charge in [-0.2, -0.15) is 0 Å². The highest BCUT2D eigenvalue weighted by molar-refractivity contribution is 5.94. The molecule has 0 radical (unpaired) electrons. The Morgan fingerprint density at radius 3 is 2.46 bits per heavy atom. The zero-order valence-electron chi connectivity index (χ0n) is 14.6. The van der Waals surface area contributed by atoms with E-state index in [0.29, 0.717) is 5.69 Å². The number of rotatable bonds is 6. The van der Waals surface area contributed by atoms with Crippen molar-refractivity contribution in [2.45, 2.75) is 13.0 Å². The first-order chi connectivity index (χ1) is 12.4. The Morgan fingerprint density at radius 2 is 1.81 bits per heavy atom. The number of anilines is 1. The molecule has 26 heavy (non-hydrogen) atoms. The minimum atomic E-state index is -0.734. The Hall–Kier alpha value is -3.35.